The number of rotatable bonds is 1. The van der Waals surface area contributed by atoms with Crippen LogP contribution in [0.15, 0.2) is 45.3 Å². The van der Waals surface area contributed by atoms with Gasteiger partial charge in [-0.05, 0) is 36.8 Å². The number of aryl methyl sites for hydroxylation is 1. The molecule has 102 valence electrons. The summed E-state index contributed by atoms with van der Waals surface area (Å²) in [5.41, 5.74) is 2.84. The monoisotopic (exact) mass is 394 g/mol. The van der Waals surface area contributed by atoms with E-state index in [1.54, 1.807) is 0 Å². The second-order valence-corrected chi connectivity index (χ2v) is 6.67. The number of hydrogen-bond donors (Lipinski definition) is 0. The molecule has 0 radical (unpaired) electrons. The van der Waals surface area contributed by atoms with Crippen LogP contribution in [0.3, 0.4) is 0 Å². The van der Waals surface area contributed by atoms with Crippen LogP contribution in [-0.2, 0) is 0 Å². The lowest BCUT2D eigenvalue weighted by Gasteiger charge is -2.26. The zero-order chi connectivity index (χ0) is 14.3. The molecule has 1 aliphatic rings. The van der Waals surface area contributed by atoms with Crippen LogP contribution < -0.4 is 4.74 Å². The molecular formula is C16H12Br2O2. The SMILES string of the molecule is Cc1ccc(C2CC(=O)c3ccc(Br)cc3O2)c(Br)c1. The van der Waals surface area contributed by atoms with E-state index >= 15 is 0 Å². The Kier molecular flexibility index (Phi) is 3.69. The van der Waals surface area contributed by atoms with E-state index in [2.05, 4.69) is 31.9 Å². The first-order valence-corrected chi connectivity index (χ1v) is 7.88. The molecule has 1 unspecified atom stereocenters. The minimum Gasteiger partial charge on any atom is -0.484 e. The summed E-state index contributed by atoms with van der Waals surface area (Å²) in [5, 5.41) is 0. The molecule has 0 aromatic heterocycles. The van der Waals surface area contributed by atoms with Crippen molar-refractivity contribution in [1.82, 2.24) is 0 Å². The predicted octanol–water partition coefficient (Wildman–Crippen LogP) is 5.23. The largest absolute Gasteiger partial charge is 0.484 e. The van der Waals surface area contributed by atoms with Gasteiger partial charge in [-0.3, -0.25) is 4.79 Å². The van der Waals surface area contributed by atoms with E-state index in [9.17, 15) is 4.79 Å². The van der Waals surface area contributed by atoms with Gasteiger partial charge in [-0.1, -0.05) is 44.0 Å². The van der Waals surface area contributed by atoms with Crippen molar-refractivity contribution in [3.05, 3.63) is 62.0 Å². The van der Waals surface area contributed by atoms with E-state index in [1.807, 2.05) is 43.3 Å². The quantitative estimate of drug-likeness (QED) is 0.661. The minimum absolute atomic E-state index is 0.122. The molecule has 2 nitrogen and oxygen atoms in total. The highest BCUT2D eigenvalue weighted by Crippen LogP contribution is 2.38. The number of halogens is 2. The van der Waals surface area contributed by atoms with Crippen molar-refractivity contribution in [2.45, 2.75) is 19.4 Å². The van der Waals surface area contributed by atoms with Crippen LogP contribution in [0, 0.1) is 6.92 Å². The Hall–Kier alpha value is -1.13. The second-order valence-electron chi connectivity index (χ2n) is 4.90. The van der Waals surface area contributed by atoms with Crippen molar-refractivity contribution in [2.24, 2.45) is 0 Å². The van der Waals surface area contributed by atoms with Crippen molar-refractivity contribution in [3.63, 3.8) is 0 Å². The summed E-state index contributed by atoms with van der Waals surface area (Å²) in [6, 6.07) is 11.6. The molecule has 2 aromatic carbocycles. The lowest BCUT2D eigenvalue weighted by molar-refractivity contribution is 0.0849. The molecule has 0 saturated heterocycles. The molecule has 0 bridgehead atoms. The molecule has 0 N–H and O–H groups in total. The second kappa shape index (κ2) is 5.34. The number of ketones is 1. The van der Waals surface area contributed by atoms with E-state index in [0.29, 0.717) is 17.7 Å². The van der Waals surface area contributed by atoms with Gasteiger partial charge in [0.15, 0.2) is 5.78 Å². The van der Waals surface area contributed by atoms with Gasteiger partial charge in [0.05, 0.1) is 12.0 Å². The van der Waals surface area contributed by atoms with E-state index < -0.39 is 0 Å². The maximum absolute atomic E-state index is 12.2. The number of ether oxygens (including phenoxy) is 1. The number of Topliss-reactive ketones (excluding diaryl/α,β-unsaturated/α-hetero) is 1. The highest BCUT2D eigenvalue weighted by Gasteiger charge is 2.28. The van der Waals surface area contributed by atoms with Crippen molar-refractivity contribution >= 4 is 37.6 Å². The van der Waals surface area contributed by atoms with Gasteiger partial charge in [0.25, 0.3) is 0 Å². The Morgan fingerprint density at radius 3 is 2.70 bits per heavy atom. The molecule has 3 rings (SSSR count). The Bertz CT molecular complexity index is 695. The van der Waals surface area contributed by atoms with Gasteiger partial charge in [-0.2, -0.15) is 0 Å². The molecular weight excluding hydrogens is 384 g/mol. The standard InChI is InChI=1S/C16H12Br2O2/c1-9-2-4-11(13(18)6-9)16-8-14(19)12-5-3-10(17)7-15(12)20-16/h2-7,16H,8H2,1H3. The molecule has 1 atom stereocenters. The van der Waals surface area contributed by atoms with E-state index in [1.165, 1.54) is 5.56 Å². The maximum Gasteiger partial charge on any atom is 0.170 e. The Morgan fingerprint density at radius 2 is 1.95 bits per heavy atom. The average Bonchev–Trinajstić information content (AvgIpc) is 2.37. The number of carbonyl (C=O) groups excluding carboxylic acids is 1. The average molecular weight is 396 g/mol. The van der Waals surface area contributed by atoms with Crippen LogP contribution in [0.5, 0.6) is 5.75 Å². The summed E-state index contributed by atoms with van der Waals surface area (Å²) in [6.45, 7) is 2.04. The number of hydrogen-bond acceptors (Lipinski definition) is 2. The highest BCUT2D eigenvalue weighted by atomic mass is 79.9. The Balaban J connectivity index is 2.00. The molecule has 20 heavy (non-hydrogen) atoms. The summed E-state index contributed by atoms with van der Waals surface area (Å²) < 4.78 is 7.90. The third-order valence-corrected chi connectivity index (χ3v) is 4.57. The summed E-state index contributed by atoms with van der Waals surface area (Å²) in [7, 11) is 0. The van der Waals surface area contributed by atoms with Crippen LogP contribution in [0.4, 0.5) is 0 Å². The van der Waals surface area contributed by atoms with E-state index in [-0.39, 0.29) is 11.9 Å². The van der Waals surface area contributed by atoms with Crippen molar-refractivity contribution in [1.29, 1.82) is 0 Å². The number of benzene rings is 2. The fourth-order valence-corrected chi connectivity index (χ4v) is 3.45. The smallest absolute Gasteiger partial charge is 0.170 e. The summed E-state index contributed by atoms with van der Waals surface area (Å²) >= 11 is 6.97. The topological polar surface area (TPSA) is 26.3 Å². The molecule has 0 fully saturated rings. The first-order chi connectivity index (χ1) is 9.54. The third kappa shape index (κ3) is 2.54. The maximum atomic E-state index is 12.2. The van der Waals surface area contributed by atoms with Crippen molar-refractivity contribution < 1.29 is 9.53 Å². The van der Waals surface area contributed by atoms with Gasteiger partial charge in [0.1, 0.15) is 11.9 Å². The zero-order valence-corrected chi connectivity index (χ0v) is 14.0. The van der Waals surface area contributed by atoms with E-state index in [4.69, 9.17) is 4.74 Å². The molecule has 0 amide bonds. The van der Waals surface area contributed by atoms with Crippen LogP contribution in [0.25, 0.3) is 0 Å². The summed E-state index contributed by atoms with van der Waals surface area (Å²) in [5.74, 6) is 0.768. The fraction of sp³-hybridized carbons (Fsp3) is 0.188. The molecule has 1 heterocycles. The normalized spacial score (nSPS) is 17.6. The molecule has 0 spiro atoms. The highest BCUT2D eigenvalue weighted by molar-refractivity contribution is 9.10. The third-order valence-electron chi connectivity index (χ3n) is 3.39. The first kappa shape index (κ1) is 13.8. The van der Waals surface area contributed by atoms with Gasteiger partial charge >= 0.3 is 0 Å². The summed E-state index contributed by atoms with van der Waals surface area (Å²) in [4.78, 5) is 12.2. The van der Waals surface area contributed by atoms with Gasteiger partial charge in [-0.25, -0.2) is 0 Å². The lowest BCUT2D eigenvalue weighted by Crippen LogP contribution is -2.20. The number of carbonyl (C=O) groups is 1. The number of fused-ring (bicyclic) bond motifs is 1. The van der Waals surface area contributed by atoms with Gasteiger partial charge in [-0.15, -0.1) is 0 Å². The van der Waals surface area contributed by atoms with Crippen LogP contribution in [0.1, 0.15) is 34.0 Å². The van der Waals surface area contributed by atoms with Gasteiger partial charge in [0, 0.05) is 14.5 Å². The fourth-order valence-electron chi connectivity index (χ4n) is 2.36. The van der Waals surface area contributed by atoms with E-state index in [0.717, 1.165) is 14.5 Å². The Morgan fingerprint density at radius 1 is 1.15 bits per heavy atom. The Labute approximate surface area is 134 Å². The summed E-state index contributed by atoms with van der Waals surface area (Å²) in [6.07, 6.45) is 0.135. The van der Waals surface area contributed by atoms with Crippen molar-refractivity contribution in [3.8, 4) is 5.75 Å². The molecule has 0 saturated carbocycles. The first-order valence-electron chi connectivity index (χ1n) is 6.30. The molecule has 1 aliphatic heterocycles. The molecule has 2 aromatic rings. The van der Waals surface area contributed by atoms with Gasteiger partial charge in [0.2, 0.25) is 0 Å². The van der Waals surface area contributed by atoms with Gasteiger partial charge < -0.3 is 4.74 Å². The van der Waals surface area contributed by atoms with Crippen LogP contribution >= 0.6 is 31.9 Å². The zero-order valence-electron chi connectivity index (χ0n) is 10.8. The molecule has 0 aliphatic carbocycles. The minimum atomic E-state index is -0.237. The van der Waals surface area contributed by atoms with Crippen LogP contribution in [-0.4, -0.2) is 5.78 Å². The van der Waals surface area contributed by atoms with Crippen molar-refractivity contribution in [2.75, 3.05) is 0 Å². The lowest BCUT2D eigenvalue weighted by atomic mass is 9.96. The predicted molar refractivity (Wildman–Crippen MR) is 85.3 cm³/mol. The van der Waals surface area contributed by atoms with Crippen LogP contribution in [0.2, 0.25) is 0 Å². The molecule has 4 heteroatoms.